The summed E-state index contributed by atoms with van der Waals surface area (Å²) >= 11 is 5.78. The van der Waals surface area contributed by atoms with Gasteiger partial charge in [-0.25, -0.2) is 4.39 Å². The van der Waals surface area contributed by atoms with Crippen LogP contribution >= 0.6 is 11.6 Å². The first kappa shape index (κ1) is 13.1. The molecule has 0 radical (unpaired) electrons. The normalized spacial score (nSPS) is 25.2. The van der Waals surface area contributed by atoms with Crippen LogP contribution in [0.25, 0.3) is 11.4 Å². The zero-order valence-electron chi connectivity index (χ0n) is 10.2. The predicted octanol–water partition coefficient (Wildman–Crippen LogP) is 2.84. The Bertz CT molecular complexity index is 650. The summed E-state index contributed by atoms with van der Waals surface area (Å²) in [6.45, 7) is 0. The van der Waals surface area contributed by atoms with E-state index in [0.717, 1.165) is 0 Å². The Morgan fingerprint density at radius 1 is 1.40 bits per heavy atom. The molecule has 1 aliphatic carbocycles. The minimum Gasteiger partial charge on any atom is -0.480 e. The second-order valence-corrected chi connectivity index (χ2v) is 5.26. The lowest BCUT2D eigenvalue weighted by molar-refractivity contribution is -0.152. The van der Waals surface area contributed by atoms with E-state index in [2.05, 4.69) is 10.1 Å². The van der Waals surface area contributed by atoms with Gasteiger partial charge in [0.15, 0.2) is 5.41 Å². The maximum absolute atomic E-state index is 13.1. The highest BCUT2D eigenvalue weighted by Crippen LogP contribution is 2.45. The van der Waals surface area contributed by atoms with Gasteiger partial charge in [0.25, 0.3) is 0 Å². The van der Waals surface area contributed by atoms with E-state index in [-0.39, 0.29) is 24.6 Å². The summed E-state index contributed by atoms with van der Waals surface area (Å²) in [6.07, 6.45) is -1.41. The highest BCUT2D eigenvalue weighted by molar-refractivity contribution is 6.30. The van der Waals surface area contributed by atoms with Gasteiger partial charge in [-0.3, -0.25) is 4.79 Å². The molecule has 3 rings (SSSR count). The van der Waals surface area contributed by atoms with Crippen LogP contribution in [0.2, 0.25) is 5.02 Å². The molecule has 7 heteroatoms. The van der Waals surface area contributed by atoms with E-state index in [1.54, 1.807) is 24.3 Å². The van der Waals surface area contributed by atoms with Crippen molar-refractivity contribution in [3.63, 3.8) is 0 Å². The van der Waals surface area contributed by atoms with Gasteiger partial charge in [0.1, 0.15) is 6.17 Å². The number of rotatable bonds is 3. The van der Waals surface area contributed by atoms with Crippen molar-refractivity contribution in [3.8, 4) is 11.4 Å². The summed E-state index contributed by atoms with van der Waals surface area (Å²) in [5.41, 5.74) is -0.738. The summed E-state index contributed by atoms with van der Waals surface area (Å²) in [7, 11) is 0. The first-order chi connectivity index (χ1) is 9.51. The maximum atomic E-state index is 13.1. The third-order valence-electron chi connectivity index (χ3n) is 3.49. The Balaban J connectivity index is 1.94. The SMILES string of the molecule is O=C(O)C1(c2nc(-c3ccc(Cl)cc3)no2)CC(F)C1. The number of aromatic nitrogens is 2. The fourth-order valence-electron chi connectivity index (χ4n) is 2.27. The molecule has 1 aromatic carbocycles. The van der Waals surface area contributed by atoms with Crippen LogP contribution in [0, 0.1) is 0 Å². The molecular weight excluding hydrogens is 287 g/mol. The van der Waals surface area contributed by atoms with Crippen molar-refractivity contribution in [1.82, 2.24) is 10.1 Å². The minimum absolute atomic E-state index is 0.0520. The average molecular weight is 297 g/mol. The molecule has 1 N–H and O–H groups in total. The molecule has 1 fully saturated rings. The van der Waals surface area contributed by atoms with E-state index in [1.165, 1.54) is 0 Å². The summed E-state index contributed by atoms with van der Waals surface area (Å²) in [5.74, 6) is -0.929. The largest absolute Gasteiger partial charge is 0.480 e. The summed E-state index contributed by atoms with van der Waals surface area (Å²) < 4.78 is 18.1. The van der Waals surface area contributed by atoms with Crippen LogP contribution in [-0.2, 0) is 10.2 Å². The Labute approximate surface area is 118 Å². The number of aliphatic carboxylic acids is 1. The van der Waals surface area contributed by atoms with E-state index >= 15 is 0 Å². The number of hydrogen-bond acceptors (Lipinski definition) is 4. The molecule has 20 heavy (non-hydrogen) atoms. The third kappa shape index (κ3) is 1.96. The van der Waals surface area contributed by atoms with Gasteiger partial charge < -0.3 is 9.63 Å². The van der Waals surface area contributed by atoms with Crippen LogP contribution in [0.5, 0.6) is 0 Å². The smallest absolute Gasteiger partial charge is 0.319 e. The van der Waals surface area contributed by atoms with Crippen molar-refractivity contribution >= 4 is 17.6 Å². The van der Waals surface area contributed by atoms with Crippen LogP contribution in [0.3, 0.4) is 0 Å². The number of carboxylic acid groups (broad SMARTS) is 1. The quantitative estimate of drug-likeness (QED) is 0.942. The second kappa shape index (κ2) is 4.56. The molecule has 0 amide bonds. The number of carbonyl (C=O) groups is 1. The van der Waals surface area contributed by atoms with Gasteiger partial charge in [0.2, 0.25) is 11.7 Å². The molecule has 104 valence electrons. The number of halogens is 2. The van der Waals surface area contributed by atoms with Gasteiger partial charge in [0.05, 0.1) is 0 Å². The van der Waals surface area contributed by atoms with Gasteiger partial charge in [-0.05, 0) is 24.3 Å². The number of nitrogens with zero attached hydrogens (tertiary/aromatic N) is 2. The molecule has 0 aliphatic heterocycles. The van der Waals surface area contributed by atoms with Gasteiger partial charge in [-0.1, -0.05) is 16.8 Å². The molecular formula is C13H10ClFN2O3. The monoisotopic (exact) mass is 296 g/mol. The molecule has 5 nitrogen and oxygen atoms in total. The zero-order valence-corrected chi connectivity index (χ0v) is 11.0. The average Bonchev–Trinajstić information content (AvgIpc) is 2.85. The van der Waals surface area contributed by atoms with Crippen molar-refractivity contribution in [2.45, 2.75) is 24.4 Å². The fraction of sp³-hybridized carbons (Fsp3) is 0.308. The first-order valence-electron chi connectivity index (χ1n) is 5.99. The molecule has 0 bridgehead atoms. The van der Waals surface area contributed by atoms with E-state index in [1.807, 2.05) is 0 Å². The van der Waals surface area contributed by atoms with Crippen LogP contribution in [0.15, 0.2) is 28.8 Å². The first-order valence-corrected chi connectivity index (χ1v) is 6.37. The Hall–Kier alpha value is -1.95. The molecule has 1 heterocycles. The Kier molecular flexibility index (Phi) is 2.97. The zero-order chi connectivity index (χ0) is 14.3. The molecule has 1 saturated carbocycles. The predicted molar refractivity (Wildman–Crippen MR) is 68.2 cm³/mol. The molecule has 0 spiro atoms. The molecule has 1 aliphatic rings. The van der Waals surface area contributed by atoms with Crippen molar-refractivity contribution < 1.29 is 18.8 Å². The molecule has 0 unspecified atom stereocenters. The van der Waals surface area contributed by atoms with Crippen LogP contribution in [-0.4, -0.2) is 27.4 Å². The highest BCUT2D eigenvalue weighted by atomic mass is 35.5. The molecule has 2 aromatic rings. The molecule has 1 aromatic heterocycles. The van der Waals surface area contributed by atoms with Crippen LogP contribution in [0.4, 0.5) is 4.39 Å². The van der Waals surface area contributed by atoms with Gasteiger partial charge >= 0.3 is 5.97 Å². The van der Waals surface area contributed by atoms with Crippen LogP contribution in [0.1, 0.15) is 18.7 Å². The van der Waals surface area contributed by atoms with Crippen molar-refractivity contribution in [2.75, 3.05) is 0 Å². The summed E-state index contributed by atoms with van der Waals surface area (Å²) in [6, 6.07) is 6.73. The van der Waals surface area contributed by atoms with Gasteiger partial charge in [-0.2, -0.15) is 4.98 Å². The van der Waals surface area contributed by atoms with Crippen molar-refractivity contribution in [2.24, 2.45) is 0 Å². The standard InChI is InChI=1S/C13H10ClFN2O3/c14-8-3-1-7(2-4-8)10-16-11(20-17-10)13(12(18)19)5-9(15)6-13/h1-4,9H,5-6H2,(H,18,19). The van der Waals surface area contributed by atoms with E-state index in [9.17, 15) is 14.3 Å². The fourth-order valence-corrected chi connectivity index (χ4v) is 2.40. The van der Waals surface area contributed by atoms with Crippen LogP contribution < -0.4 is 0 Å². The number of alkyl halides is 1. The Morgan fingerprint density at radius 3 is 2.60 bits per heavy atom. The maximum Gasteiger partial charge on any atom is 0.319 e. The lowest BCUT2D eigenvalue weighted by atomic mass is 9.67. The van der Waals surface area contributed by atoms with Crippen molar-refractivity contribution in [1.29, 1.82) is 0 Å². The number of hydrogen-bond donors (Lipinski definition) is 1. The lowest BCUT2D eigenvalue weighted by Crippen LogP contribution is -2.49. The molecule has 0 saturated heterocycles. The van der Waals surface area contributed by atoms with Crippen molar-refractivity contribution in [3.05, 3.63) is 35.2 Å². The highest BCUT2D eigenvalue weighted by Gasteiger charge is 2.56. The third-order valence-corrected chi connectivity index (χ3v) is 3.74. The van der Waals surface area contributed by atoms with Gasteiger partial charge in [-0.15, -0.1) is 0 Å². The van der Waals surface area contributed by atoms with E-state index in [4.69, 9.17) is 16.1 Å². The topological polar surface area (TPSA) is 76.2 Å². The minimum atomic E-state index is -1.39. The number of benzene rings is 1. The second-order valence-electron chi connectivity index (χ2n) is 4.82. The molecule has 0 atom stereocenters. The van der Waals surface area contributed by atoms with E-state index < -0.39 is 17.6 Å². The summed E-state index contributed by atoms with van der Waals surface area (Å²) in [4.78, 5) is 15.4. The van der Waals surface area contributed by atoms with E-state index in [0.29, 0.717) is 10.6 Å². The summed E-state index contributed by atoms with van der Waals surface area (Å²) in [5, 5.41) is 13.6. The van der Waals surface area contributed by atoms with Gasteiger partial charge in [0, 0.05) is 23.4 Å². The number of carboxylic acids is 1. The lowest BCUT2D eigenvalue weighted by Gasteiger charge is -2.36. The Morgan fingerprint density at radius 2 is 2.05 bits per heavy atom.